The van der Waals surface area contributed by atoms with Crippen molar-refractivity contribution in [3.05, 3.63) is 29.3 Å². The quantitative estimate of drug-likeness (QED) is 0.869. The van der Waals surface area contributed by atoms with Crippen molar-refractivity contribution in [3.63, 3.8) is 0 Å². The Hall–Kier alpha value is -1.02. The van der Waals surface area contributed by atoms with Crippen LogP contribution in [0.25, 0.3) is 0 Å². The van der Waals surface area contributed by atoms with Crippen LogP contribution in [-0.4, -0.2) is 19.1 Å². The third-order valence-electron chi connectivity index (χ3n) is 4.61. The fraction of sp³-hybridized carbons (Fsp3) is 0.667. The molecule has 1 N–H and O–H groups in total. The van der Waals surface area contributed by atoms with Crippen LogP contribution < -0.4 is 10.2 Å². The van der Waals surface area contributed by atoms with Gasteiger partial charge in [-0.2, -0.15) is 0 Å². The molecule has 0 saturated heterocycles. The van der Waals surface area contributed by atoms with E-state index >= 15 is 0 Å². The van der Waals surface area contributed by atoms with Crippen molar-refractivity contribution in [2.75, 3.05) is 11.9 Å². The molecule has 2 heteroatoms. The third-order valence-corrected chi connectivity index (χ3v) is 4.61. The van der Waals surface area contributed by atoms with Gasteiger partial charge in [0.1, 0.15) is 0 Å². The molecule has 2 rings (SSSR count). The number of hydrogen-bond acceptors (Lipinski definition) is 2. The maximum atomic E-state index is 3.65. The Bertz CT molecular complexity index is 455. The van der Waals surface area contributed by atoms with Crippen LogP contribution in [0.3, 0.4) is 0 Å². The maximum Gasteiger partial charge on any atom is 0.0412 e. The molecule has 1 saturated carbocycles. The van der Waals surface area contributed by atoms with E-state index in [1.54, 1.807) is 0 Å². The lowest BCUT2D eigenvalue weighted by Crippen LogP contribution is -2.40. The fourth-order valence-electron chi connectivity index (χ4n) is 2.53. The van der Waals surface area contributed by atoms with E-state index in [0.29, 0.717) is 6.04 Å². The first-order valence-corrected chi connectivity index (χ1v) is 7.85. The second-order valence-electron chi connectivity index (χ2n) is 7.44. The Morgan fingerprint density at radius 3 is 2.50 bits per heavy atom. The zero-order valence-corrected chi connectivity index (χ0v) is 14.0. The van der Waals surface area contributed by atoms with Crippen molar-refractivity contribution in [1.82, 2.24) is 5.32 Å². The van der Waals surface area contributed by atoms with Crippen molar-refractivity contribution in [2.45, 2.75) is 66.1 Å². The van der Waals surface area contributed by atoms with E-state index in [2.05, 4.69) is 70.1 Å². The van der Waals surface area contributed by atoms with Gasteiger partial charge in [0.25, 0.3) is 0 Å². The Labute approximate surface area is 124 Å². The molecule has 2 nitrogen and oxygen atoms in total. The average molecular weight is 274 g/mol. The van der Waals surface area contributed by atoms with Crippen molar-refractivity contribution in [2.24, 2.45) is 5.41 Å². The molecule has 0 bridgehead atoms. The number of benzene rings is 1. The highest BCUT2D eigenvalue weighted by Gasteiger charge is 2.26. The van der Waals surface area contributed by atoms with Crippen LogP contribution in [0.1, 0.15) is 51.7 Å². The SMILES string of the molecule is Cc1ccc(N(C)C(C)C(C)(C)C)c(CNC2CC2)c1. The minimum atomic E-state index is 0.279. The molecular formula is C18H30N2. The van der Waals surface area contributed by atoms with E-state index in [1.165, 1.54) is 29.7 Å². The standard InChI is InChI=1S/C18H30N2/c1-13-7-10-17(20(6)14(2)18(3,4)5)15(11-13)12-19-16-8-9-16/h7,10-11,14,16,19H,8-9,12H2,1-6H3. The molecule has 1 atom stereocenters. The van der Waals surface area contributed by atoms with Gasteiger partial charge in [-0.15, -0.1) is 0 Å². The van der Waals surface area contributed by atoms with Gasteiger partial charge in [0.2, 0.25) is 0 Å². The highest BCUT2D eigenvalue weighted by atomic mass is 15.1. The summed E-state index contributed by atoms with van der Waals surface area (Å²) >= 11 is 0. The lowest BCUT2D eigenvalue weighted by Gasteiger charge is -2.38. The average Bonchev–Trinajstić information content (AvgIpc) is 3.17. The van der Waals surface area contributed by atoms with Crippen molar-refractivity contribution in [3.8, 4) is 0 Å². The summed E-state index contributed by atoms with van der Waals surface area (Å²) in [6.07, 6.45) is 2.69. The largest absolute Gasteiger partial charge is 0.371 e. The molecule has 1 aromatic carbocycles. The number of hydrogen-bond donors (Lipinski definition) is 1. The molecule has 0 amide bonds. The van der Waals surface area contributed by atoms with Gasteiger partial charge in [0.05, 0.1) is 0 Å². The van der Waals surface area contributed by atoms with E-state index in [1.807, 2.05) is 0 Å². The topological polar surface area (TPSA) is 15.3 Å². The summed E-state index contributed by atoms with van der Waals surface area (Å²) in [5, 5.41) is 3.65. The summed E-state index contributed by atoms with van der Waals surface area (Å²) in [4.78, 5) is 2.43. The highest BCUT2D eigenvalue weighted by molar-refractivity contribution is 5.55. The van der Waals surface area contributed by atoms with Gasteiger partial charge in [0, 0.05) is 31.4 Å². The molecule has 0 heterocycles. The van der Waals surface area contributed by atoms with Gasteiger partial charge in [-0.1, -0.05) is 38.5 Å². The molecule has 0 spiro atoms. The zero-order valence-electron chi connectivity index (χ0n) is 14.0. The van der Waals surface area contributed by atoms with Crippen LogP contribution >= 0.6 is 0 Å². The van der Waals surface area contributed by atoms with Crippen LogP contribution in [0.2, 0.25) is 0 Å². The highest BCUT2D eigenvalue weighted by Crippen LogP contribution is 2.30. The van der Waals surface area contributed by atoms with E-state index in [0.717, 1.165) is 12.6 Å². The normalized spacial score (nSPS) is 17.1. The first-order chi connectivity index (χ1) is 9.29. The van der Waals surface area contributed by atoms with Crippen LogP contribution in [-0.2, 0) is 6.54 Å². The number of nitrogens with zero attached hydrogens (tertiary/aromatic N) is 1. The Kier molecular flexibility index (Phi) is 4.43. The summed E-state index contributed by atoms with van der Waals surface area (Å²) in [5.41, 5.74) is 4.42. The van der Waals surface area contributed by atoms with Crippen molar-refractivity contribution < 1.29 is 0 Å². The number of rotatable bonds is 5. The summed E-state index contributed by atoms with van der Waals surface area (Å²) in [6, 6.07) is 8.10. The van der Waals surface area contributed by atoms with Crippen molar-refractivity contribution in [1.29, 1.82) is 0 Å². The Balaban J connectivity index is 2.19. The monoisotopic (exact) mass is 274 g/mol. The smallest absolute Gasteiger partial charge is 0.0412 e. The molecule has 1 aliphatic rings. The van der Waals surface area contributed by atoms with Crippen LogP contribution in [0.15, 0.2) is 18.2 Å². The van der Waals surface area contributed by atoms with Crippen LogP contribution in [0.4, 0.5) is 5.69 Å². The predicted molar refractivity (Wildman–Crippen MR) is 88.4 cm³/mol. The molecule has 20 heavy (non-hydrogen) atoms. The first-order valence-electron chi connectivity index (χ1n) is 7.85. The number of anilines is 1. The van der Waals surface area contributed by atoms with Gasteiger partial charge in [-0.25, -0.2) is 0 Å². The molecule has 1 aromatic rings. The minimum Gasteiger partial charge on any atom is -0.371 e. The molecule has 1 fully saturated rings. The summed E-state index contributed by atoms with van der Waals surface area (Å²) < 4.78 is 0. The fourth-order valence-corrected chi connectivity index (χ4v) is 2.53. The molecule has 1 aliphatic carbocycles. The Morgan fingerprint density at radius 1 is 1.30 bits per heavy atom. The van der Waals surface area contributed by atoms with Gasteiger partial charge in [-0.3, -0.25) is 0 Å². The predicted octanol–water partition coefficient (Wildman–Crippen LogP) is 4.12. The first kappa shape index (κ1) is 15.4. The van der Waals surface area contributed by atoms with Gasteiger partial charge in [0.15, 0.2) is 0 Å². The molecule has 112 valence electrons. The molecule has 1 unspecified atom stereocenters. The van der Waals surface area contributed by atoms with Gasteiger partial charge < -0.3 is 10.2 Å². The summed E-state index contributed by atoms with van der Waals surface area (Å²) in [7, 11) is 2.22. The second-order valence-corrected chi connectivity index (χ2v) is 7.44. The Morgan fingerprint density at radius 2 is 1.95 bits per heavy atom. The zero-order chi connectivity index (χ0) is 14.9. The molecule has 0 aromatic heterocycles. The van der Waals surface area contributed by atoms with E-state index in [9.17, 15) is 0 Å². The minimum absolute atomic E-state index is 0.279. The molecular weight excluding hydrogens is 244 g/mol. The second kappa shape index (κ2) is 5.77. The van der Waals surface area contributed by atoms with Crippen molar-refractivity contribution >= 4 is 5.69 Å². The third kappa shape index (κ3) is 3.76. The molecule has 0 radical (unpaired) electrons. The van der Waals surface area contributed by atoms with E-state index in [4.69, 9.17) is 0 Å². The molecule has 0 aliphatic heterocycles. The summed E-state index contributed by atoms with van der Waals surface area (Å²) in [6.45, 7) is 12.4. The van der Waals surface area contributed by atoms with Crippen LogP contribution in [0, 0.1) is 12.3 Å². The van der Waals surface area contributed by atoms with Crippen LogP contribution in [0.5, 0.6) is 0 Å². The maximum absolute atomic E-state index is 3.65. The lowest BCUT2D eigenvalue weighted by atomic mass is 9.86. The number of nitrogens with one attached hydrogen (secondary N) is 1. The number of aryl methyl sites for hydroxylation is 1. The van der Waals surface area contributed by atoms with E-state index < -0.39 is 0 Å². The lowest BCUT2D eigenvalue weighted by molar-refractivity contribution is 0.329. The van der Waals surface area contributed by atoms with Gasteiger partial charge >= 0.3 is 0 Å². The summed E-state index contributed by atoms with van der Waals surface area (Å²) in [5.74, 6) is 0. The van der Waals surface area contributed by atoms with E-state index in [-0.39, 0.29) is 5.41 Å². The van der Waals surface area contributed by atoms with Gasteiger partial charge in [-0.05, 0) is 43.7 Å².